The molecule has 3 heteroatoms. The third-order valence-corrected chi connectivity index (χ3v) is 3.75. The minimum atomic E-state index is -0.0191. The summed E-state index contributed by atoms with van der Waals surface area (Å²) in [5, 5.41) is 2.89. The third kappa shape index (κ3) is 9.43. The van der Waals surface area contributed by atoms with Crippen LogP contribution in [0.4, 0.5) is 0 Å². The number of aliphatic imine (C=N–C) groups is 1. The summed E-state index contributed by atoms with van der Waals surface area (Å²) in [7, 11) is 0. The highest BCUT2D eigenvalue weighted by molar-refractivity contribution is 6.39. The Labute approximate surface area is 131 Å². The molecule has 122 valence electrons. The second-order valence-electron chi connectivity index (χ2n) is 5.60. The second kappa shape index (κ2) is 13.8. The van der Waals surface area contributed by atoms with Gasteiger partial charge in [-0.3, -0.25) is 9.79 Å². The molecule has 0 spiro atoms. The Hall–Kier alpha value is -1.12. The molecule has 0 aromatic carbocycles. The minimum absolute atomic E-state index is 0.0191. The summed E-state index contributed by atoms with van der Waals surface area (Å²) < 4.78 is 0. The molecule has 0 aromatic rings. The van der Waals surface area contributed by atoms with Crippen LogP contribution in [0.25, 0.3) is 0 Å². The van der Waals surface area contributed by atoms with Crippen molar-refractivity contribution in [3.63, 3.8) is 0 Å². The molecule has 1 atom stereocenters. The van der Waals surface area contributed by atoms with Gasteiger partial charge in [-0.25, -0.2) is 0 Å². The van der Waals surface area contributed by atoms with E-state index in [0.29, 0.717) is 12.3 Å². The molecular weight excluding hydrogens is 260 g/mol. The third-order valence-electron chi connectivity index (χ3n) is 3.75. The largest absolute Gasteiger partial charge is 0.351 e. The van der Waals surface area contributed by atoms with Crippen LogP contribution in [0.3, 0.4) is 0 Å². The SMILES string of the molecule is C=C/N=C(\C(=O)NCC)C(CCCCC)CCCCCC. The molecule has 1 unspecified atom stereocenters. The molecule has 1 amide bonds. The van der Waals surface area contributed by atoms with Crippen LogP contribution in [0.5, 0.6) is 0 Å². The summed E-state index contributed by atoms with van der Waals surface area (Å²) in [4.78, 5) is 16.5. The van der Waals surface area contributed by atoms with E-state index in [1.54, 1.807) is 0 Å². The first-order valence-corrected chi connectivity index (χ1v) is 8.67. The van der Waals surface area contributed by atoms with Crippen molar-refractivity contribution >= 4 is 11.6 Å². The monoisotopic (exact) mass is 294 g/mol. The molecule has 0 aliphatic carbocycles. The van der Waals surface area contributed by atoms with Crippen molar-refractivity contribution in [2.24, 2.45) is 10.9 Å². The van der Waals surface area contributed by atoms with Gasteiger partial charge in [0.15, 0.2) is 0 Å². The van der Waals surface area contributed by atoms with Crippen molar-refractivity contribution in [2.75, 3.05) is 6.54 Å². The van der Waals surface area contributed by atoms with E-state index in [-0.39, 0.29) is 11.8 Å². The Morgan fingerprint density at radius 1 is 1.05 bits per heavy atom. The standard InChI is InChI=1S/C18H34N2O/c1-5-9-11-13-15-16(14-12-10-6-2)17(19-7-3)18(21)20-8-4/h7,16H,3,5-6,8-15H2,1-2,4H3,(H,20,21)/b19-17-. The van der Waals surface area contributed by atoms with Crippen molar-refractivity contribution in [1.82, 2.24) is 5.32 Å². The van der Waals surface area contributed by atoms with Crippen molar-refractivity contribution < 1.29 is 4.79 Å². The van der Waals surface area contributed by atoms with Gasteiger partial charge in [-0.05, 0) is 19.8 Å². The molecule has 0 aliphatic heterocycles. The summed E-state index contributed by atoms with van der Waals surface area (Å²) >= 11 is 0. The number of carbonyl (C=O) groups is 1. The first-order chi connectivity index (χ1) is 10.2. The van der Waals surface area contributed by atoms with Gasteiger partial charge in [0, 0.05) is 18.7 Å². The molecule has 0 heterocycles. The fraction of sp³-hybridized carbons (Fsp3) is 0.778. The van der Waals surface area contributed by atoms with Crippen LogP contribution < -0.4 is 5.32 Å². The Morgan fingerprint density at radius 2 is 1.62 bits per heavy atom. The number of carbonyl (C=O) groups excluding carboxylic acids is 1. The van der Waals surface area contributed by atoms with Crippen molar-refractivity contribution in [3.8, 4) is 0 Å². The fourth-order valence-corrected chi connectivity index (χ4v) is 2.57. The second-order valence-corrected chi connectivity index (χ2v) is 5.60. The van der Waals surface area contributed by atoms with E-state index in [0.717, 1.165) is 12.8 Å². The fourth-order valence-electron chi connectivity index (χ4n) is 2.57. The van der Waals surface area contributed by atoms with E-state index >= 15 is 0 Å². The number of hydrogen-bond donors (Lipinski definition) is 1. The van der Waals surface area contributed by atoms with Crippen LogP contribution in [0.2, 0.25) is 0 Å². The summed E-state index contributed by atoms with van der Waals surface area (Å²) in [6, 6.07) is 0. The predicted molar refractivity (Wildman–Crippen MR) is 92.7 cm³/mol. The van der Waals surface area contributed by atoms with Gasteiger partial charge in [0.25, 0.3) is 5.91 Å². The number of nitrogens with zero attached hydrogens (tertiary/aromatic N) is 1. The van der Waals surface area contributed by atoms with Crippen LogP contribution in [-0.4, -0.2) is 18.2 Å². The van der Waals surface area contributed by atoms with Gasteiger partial charge < -0.3 is 5.32 Å². The average Bonchev–Trinajstić information content (AvgIpc) is 2.48. The molecule has 0 radical (unpaired) electrons. The van der Waals surface area contributed by atoms with E-state index < -0.39 is 0 Å². The molecule has 0 bridgehead atoms. The molecule has 21 heavy (non-hydrogen) atoms. The molecule has 0 saturated heterocycles. The molecular formula is C18H34N2O. The maximum atomic E-state index is 12.2. The van der Waals surface area contributed by atoms with Crippen molar-refractivity contribution in [1.29, 1.82) is 0 Å². The van der Waals surface area contributed by atoms with E-state index in [1.165, 1.54) is 51.1 Å². The molecule has 0 aromatic heterocycles. The number of hydrogen-bond acceptors (Lipinski definition) is 2. The highest BCUT2D eigenvalue weighted by Crippen LogP contribution is 2.20. The lowest BCUT2D eigenvalue weighted by Gasteiger charge is -2.18. The normalized spacial score (nSPS) is 13.0. The van der Waals surface area contributed by atoms with Crippen LogP contribution in [-0.2, 0) is 4.79 Å². The van der Waals surface area contributed by atoms with Gasteiger partial charge in [0.1, 0.15) is 5.71 Å². The number of amides is 1. The Kier molecular flexibility index (Phi) is 13.1. The summed E-state index contributed by atoms with van der Waals surface area (Å²) in [5.41, 5.74) is 0.680. The number of rotatable bonds is 13. The maximum Gasteiger partial charge on any atom is 0.265 e. The predicted octanol–water partition coefficient (Wildman–Crippen LogP) is 4.87. The first kappa shape index (κ1) is 19.9. The van der Waals surface area contributed by atoms with Crippen LogP contribution in [0, 0.1) is 5.92 Å². The summed E-state index contributed by atoms with van der Waals surface area (Å²) in [6.45, 7) is 10.7. The Morgan fingerprint density at radius 3 is 2.14 bits per heavy atom. The maximum absolute atomic E-state index is 12.2. The first-order valence-electron chi connectivity index (χ1n) is 8.67. The number of unbranched alkanes of at least 4 members (excludes halogenated alkanes) is 5. The topological polar surface area (TPSA) is 41.5 Å². The number of nitrogens with one attached hydrogen (secondary N) is 1. The van der Waals surface area contributed by atoms with Crippen LogP contribution in [0.15, 0.2) is 17.8 Å². The lowest BCUT2D eigenvalue weighted by Crippen LogP contribution is -2.35. The van der Waals surface area contributed by atoms with E-state index in [9.17, 15) is 4.79 Å². The highest BCUT2D eigenvalue weighted by Gasteiger charge is 2.21. The van der Waals surface area contributed by atoms with Gasteiger partial charge in [-0.2, -0.15) is 0 Å². The van der Waals surface area contributed by atoms with Gasteiger partial charge in [-0.15, -0.1) is 0 Å². The molecule has 1 N–H and O–H groups in total. The van der Waals surface area contributed by atoms with E-state index in [2.05, 4.69) is 30.7 Å². The zero-order valence-electron chi connectivity index (χ0n) is 14.3. The lowest BCUT2D eigenvalue weighted by atomic mass is 9.90. The van der Waals surface area contributed by atoms with E-state index in [4.69, 9.17) is 0 Å². The quantitative estimate of drug-likeness (QED) is 0.382. The summed E-state index contributed by atoms with van der Waals surface area (Å²) in [5.74, 6) is 0.257. The van der Waals surface area contributed by atoms with Gasteiger partial charge >= 0.3 is 0 Å². The molecule has 0 rings (SSSR count). The molecule has 0 fully saturated rings. The molecule has 3 nitrogen and oxygen atoms in total. The minimum Gasteiger partial charge on any atom is -0.351 e. The van der Waals surface area contributed by atoms with Gasteiger partial charge in [0.05, 0.1) is 0 Å². The van der Waals surface area contributed by atoms with Crippen molar-refractivity contribution in [3.05, 3.63) is 12.8 Å². The molecule has 0 aliphatic rings. The van der Waals surface area contributed by atoms with Gasteiger partial charge in [0.2, 0.25) is 0 Å². The Bertz CT molecular complexity index is 310. The van der Waals surface area contributed by atoms with Gasteiger partial charge in [-0.1, -0.05) is 65.4 Å². The smallest absolute Gasteiger partial charge is 0.265 e. The average molecular weight is 294 g/mol. The lowest BCUT2D eigenvalue weighted by molar-refractivity contribution is -0.115. The van der Waals surface area contributed by atoms with E-state index in [1.807, 2.05) is 6.92 Å². The molecule has 0 saturated carbocycles. The zero-order chi connectivity index (χ0) is 15.9. The summed E-state index contributed by atoms with van der Waals surface area (Å²) in [6.07, 6.45) is 12.2. The van der Waals surface area contributed by atoms with Crippen molar-refractivity contribution in [2.45, 2.75) is 78.6 Å². The van der Waals surface area contributed by atoms with Crippen LogP contribution in [0.1, 0.15) is 78.6 Å². The highest BCUT2D eigenvalue weighted by atomic mass is 16.1. The zero-order valence-corrected chi connectivity index (χ0v) is 14.3. The Balaban J connectivity index is 4.71. The van der Waals surface area contributed by atoms with Crippen LogP contribution >= 0.6 is 0 Å².